The summed E-state index contributed by atoms with van der Waals surface area (Å²) in [6.07, 6.45) is 0.642. The Balaban J connectivity index is 1.61. The lowest BCUT2D eigenvalue weighted by Gasteiger charge is -2.12. The topological polar surface area (TPSA) is 99.3 Å². The van der Waals surface area contributed by atoms with E-state index in [0.717, 1.165) is 11.3 Å². The fraction of sp³-hybridized carbons (Fsp3) is 0.312. The highest BCUT2D eigenvalue weighted by molar-refractivity contribution is 7.89. The summed E-state index contributed by atoms with van der Waals surface area (Å²) in [4.78, 5) is 13.3. The van der Waals surface area contributed by atoms with Crippen molar-refractivity contribution in [2.45, 2.75) is 37.0 Å². The van der Waals surface area contributed by atoms with Gasteiger partial charge in [-0.1, -0.05) is 6.07 Å². The van der Waals surface area contributed by atoms with Crippen molar-refractivity contribution in [2.75, 3.05) is 0 Å². The van der Waals surface area contributed by atoms with Gasteiger partial charge in [-0.05, 0) is 49.1 Å². The Kier molecular flexibility index (Phi) is 5.50. The Hall–Kier alpha value is -1.78. The van der Waals surface area contributed by atoms with Crippen LogP contribution in [0.2, 0.25) is 0 Å². The molecule has 3 rings (SSSR count). The summed E-state index contributed by atoms with van der Waals surface area (Å²) >= 11 is 1.49. The summed E-state index contributed by atoms with van der Waals surface area (Å²) in [5.41, 5.74) is 6.43. The Bertz CT molecular complexity index is 820. The van der Waals surface area contributed by atoms with Crippen molar-refractivity contribution < 1.29 is 13.2 Å². The van der Waals surface area contributed by atoms with Crippen LogP contribution >= 0.6 is 11.3 Å². The van der Waals surface area contributed by atoms with Crippen LogP contribution in [0.4, 0.5) is 0 Å². The molecular weight excluding hydrogens is 360 g/mol. The van der Waals surface area contributed by atoms with E-state index < -0.39 is 10.0 Å². The number of thiophene rings is 1. The van der Waals surface area contributed by atoms with Gasteiger partial charge >= 0.3 is 0 Å². The van der Waals surface area contributed by atoms with Crippen molar-refractivity contribution in [3.8, 4) is 0 Å². The third-order valence-electron chi connectivity index (χ3n) is 3.84. The van der Waals surface area contributed by atoms with E-state index in [1.807, 2.05) is 24.4 Å². The Labute approximate surface area is 150 Å². The molecule has 2 unspecified atom stereocenters. The van der Waals surface area contributed by atoms with Gasteiger partial charge in [0, 0.05) is 23.0 Å². The molecule has 9 heteroatoms. The number of benzene rings is 1. The second-order valence-electron chi connectivity index (χ2n) is 5.88. The lowest BCUT2D eigenvalue weighted by Crippen LogP contribution is -2.44. The van der Waals surface area contributed by atoms with Gasteiger partial charge in [-0.2, -0.15) is 0 Å². The summed E-state index contributed by atoms with van der Waals surface area (Å²) in [7, 11) is -3.61. The zero-order chi connectivity index (χ0) is 17.9. The molecular formula is C16H20N4O3S2. The van der Waals surface area contributed by atoms with Crippen LogP contribution in [0.15, 0.2) is 46.7 Å². The quantitative estimate of drug-likeness (QED) is 0.603. The van der Waals surface area contributed by atoms with Gasteiger partial charge in [0.2, 0.25) is 10.0 Å². The van der Waals surface area contributed by atoms with Crippen molar-refractivity contribution in [2.24, 2.45) is 0 Å². The highest BCUT2D eigenvalue weighted by Crippen LogP contribution is 2.14. The zero-order valence-electron chi connectivity index (χ0n) is 13.7. The van der Waals surface area contributed by atoms with E-state index >= 15 is 0 Å². The number of sulfonamides is 1. The van der Waals surface area contributed by atoms with Crippen LogP contribution < -0.4 is 20.9 Å². The molecule has 1 saturated heterocycles. The van der Waals surface area contributed by atoms with Crippen molar-refractivity contribution in [3.05, 3.63) is 52.2 Å². The molecule has 0 saturated carbocycles. The second kappa shape index (κ2) is 7.63. The normalized spacial score (nSPS) is 20.5. The summed E-state index contributed by atoms with van der Waals surface area (Å²) in [6, 6.07) is 9.93. The van der Waals surface area contributed by atoms with Gasteiger partial charge in [0.25, 0.3) is 5.91 Å². The van der Waals surface area contributed by atoms with Gasteiger partial charge in [0.15, 0.2) is 0 Å². The first-order chi connectivity index (χ1) is 11.9. The third kappa shape index (κ3) is 4.65. The van der Waals surface area contributed by atoms with Gasteiger partial charge in [0.1, 0.15) is 0 Å². The second-order valence-corrected chi connectivity index (χ2v) is 8.68. The lowest BCUT2D eigenvalue weighted by atomic mass is 10.2. The van der Waals surface area contributed by atoms with Gasteiger partial charge in [-0.15, -0.1) is 11.3 Å². The molecule has 1 fully saturated rings. The average Bonchev–Trinajstić information content (AvgIpc) is 3.25. The molecule has 1 aliphatic heterocycles. The van der Waals surface area contributed by atoms with Crippen molar-refractivity contribution >= 4 is 27.3 Å². The van der Waals surface area contributed by atoms with Crippen LogP contribution in [-0.2, 0) is 16.6 Å². The van der Waals surface area contributed by atoms with Gasteiger partial charge < -0.3 is 5.32 Å². The summed E-state index contributed by atoms with van der Waals surface area (Å²) in [6.45, 7) is 2.27. The molecule has 1 aromatic heterocycles. The monoisotopic (exact) mass is 380 g/mol. The smallest absolute Gasteiger partial charge is 0.252 e. The van der Waals surface area contributed by atoms with Crippen LogP contribution in [-0.4, -0.2) is 26.5 Å². The summed E-state index contributed by atoms with van der Waals surface area (Å²) in [5, 5.41) is 4.75. The molecule has 2 atom stereocenters. The Morgan fingerprint density at radius 2 is 2.00 bits per heavy atom. The SMILES string of the molecule is CC1CC(NC(=O)c2ccc(S(=O)(=O)NCc3cccs3)cc2)NN1. The van der Waals surface area contributed by atoms with Crippen LogP contribution in [0, 0.1) is 0 Å². The fourth-order valence-corrected chi connectivity index (χ4v) is 4.24. The first-order valence-corrected chi connectivity index (χ1v) is 10.2. The predicted octanol–water partition coefficient (Wildman–Crippen LogP) is 1.17. The molecule has 134 valence electrons. The van der Waals surface area contributed by atoms with Gasteiger partial charge in [0.05, 0.1) is 11.1 Å². The number of carbonyl (C=O) groups excluding carboxylic acids is 1. The average molecular weight is 380 g/mol. The summed E-state index contributed by atoms with van der Waals surface area (Å²) < 4.78 is 27.1. The number of rotatable bonds is 6. The number of nitrogens with one attached hydrogen (secondary N) is 4. The molecule has 1 amide bonds. The van der Waals surface area contributed by atoms with E-state index in [9.17, 15) is 13.2 Å². The van der Waals surface area contributed by atoms with Crippen molar-refractivity contribution in [1.29, 1.82) is 0 Å². The van der Waals surface area contributed by atoms with E-state index in [4.69, 9.17) is 0 Å². The number of hydrazine groups is 1. The highest BCUT2D eigenvalue weighted by Gasteiger charge is 2.22. The molecule has 2 heterocycles. The van der Waals surface area contributed by atoms with E-state index in [1.54, 1.807) is 0 Å². The van der Waals surface area contributed by atoms with E-state index in [2.05, 4.69) is 20.9 Å². The minimum atomic E-state index is -3.61. The standard InChI is InChI=1S/C16H20N4O3S2/c1-11-9-15(20-19-11)18-16(21)12-4-6-14(7-5-12)25(22,23)17-10-13-3-2-8-24-13/h2-8,11,15,17,19-20H,9-10H2,1H3,(H,18,21). The zero-order valence-corrected chi connectivity index (χ0v) is 15.3. The van der Waals surface area contributed by atoms with E-state index in [0.29, 0.717) is 5.56 Å². The number of hydrogen-bond acceptors (Lipinski definition) is 6. The Morgan fingerprint density at radius 3 is 2.60 bits per heavy atom. The number of amides is 1. The first kappa shape index (κ1) is 18.0. The largest absolute Gasteiger partial charge is 0.335 e. The molecule has 0 radical (unpaired) electrons. The molecule has 25 heavy (non-hydrogen) atoms. The van der Waals surface area contributed by atoms with Crippen LogP contribution in [0.3, 0.4) is 0 Å². The van der Waals surface area contributed by atoms with Crippen molar-refractivity contribution in [1.82, 2.24) is 20.9 Å². The van der Waals surface area contributed by atoms with Crippen LogP contribution in [0.25, 0.3) is 0 Å². The first-order valence-electron chi connectivity index (χ1n) is 7.88. The van der Waals surface area contributed by atoms with Crippen LogP contribution in [0.5, 0.6) is 0 Å². The Morgan fingerprint density at radius 1 is 1.24 bits per heavy atom. The molecule has 1 aromatic carbocycles. The van der Waals surface area contributed by atoms with Gasteiger partial charge in [-0.3, -0.25) is 10.2 Å². The highest BCUT2D eigenvalue weighted by atomic mass is 32.2. The predicted molar refractivity (Wildman–Crippen MR) is 96.4 cm³/mol. The fourth-order valence-electron chi connectivity index (χ4n) is 2.50. The number of carbonyl (C=O) groups is 1. The summed E-state index contributed by atoms with van der Waals surface area (Å²) in [5.74, 6) is -0.246. The molecule has 1 aliphatic rings. The molecule has 0 bridgehead atoms. The van der Waals surface area contributed by atoms with Crippen molar-refractivity contribution in [3.63, 3.8) is 0 Å². The maximum absolute atomic E-state index is 12.3. The third-order valence-corrected chi connectivity index (χ3v) is 6.14. The minimum absolute atomic E-state index is 0.134. The molecule has 0 spiro atoms. The van der Waals surface area contributed by atoms with Crippen LogP contribution in [0.1, 0.15) is 28.6 Å². The lowest BCUT2D eigenvalue weighted by molar-refractivity contribution is 0.0932. The maximum Gasteiger partial charge on any atom is 0.252 e. The molecule has 2 aromatic rings. The maximum atomic E-state index is 12.3. The van der Waals surface area contributed by atoms with E-state index in [-0.39, 0.29) is 29.6 Å². The molecule has 0 aliphatic carbocycles. The minimum Gasteiger partial charge on any atom is -0.335 e. The van der Waals surface area contributed by atoms with Gasteiger partial charge in [-0.25, -0.2) is 18.6 Å². The molecule has 4 N–H and O–H groups in total. The number of hydrogen-bond donors (Lipinski definition) is 4. The molecule has 7 nitrogen and oxygen atoms in total. The van der Waals surface area contributed by atoms with E-state index in [1.165, 1.54) is 35.6 Å².